The van der Waals surface area contributed by atoms with Gasteiger partial charge in [0.1, 0.15) is 31.2 Å². The Kier molecular flexibility index (Phi) is 42.3. The van der Waals surface area contributed by atoms with E-state index in [1.807, 2.05) is 24.3 Å². The smallest absolute Gasteiger partial charge is 0.747 e. The Morgan fingerprint density at radius 3 is 1.25 bits per heavy atom. The van der Waals surface area contributed by atoms with Crippen LogP contribution < -0.4 is 59.1 Å². The predicted molar refractivity (Wildman–Crippen MR) is 368 cm³/mol. The summed E-state index contributed by atoms with van der Waals surface area (Å²) in [6, 6.07) is 20.8. The van der Waals surface area contributed by atoms with Gasteiger partial charge in [-0.15, -0.1) is 15.2 Å². The van der Waals surface area contributed by atoms with Gasteiger partial charge in [-0.1, -0.05) is 95.3 Å². The van der Waals surface area contributed by atoms with Gasteiger partial charge in [0.2, 0.25) is 11.6 Å². The van der Waals surface area contributed by atoms with E-state index in [2.05, 4.69) is 46.5 Å². The van der Waals surface area contributed by atoms with Crippen molar-refractivity contribution < 1.29 is 166 Å². The van der Waals surface area contributed by atoms with Gasteiger partial charge in [-0.3, -0.25) is 72.6 Å². The Labute approximate surface area is 662 Å². The predicted octanol–water partition coefficient (Wildman–Crippen LogP) is 4.42. The van der Waals surface area contributed by atoms with Gasteiger partial charge in [0.15, 0.2) is 28.9 Å². The Balaban J connectivity index is 0.000000616. The number of methoxy groups -OCH3 is 4. The molecular formula is C65H71Cl4F4N8NaO26S. The fourth-order valence-electron chi connectivity index (χ4n) is 8.41. The molecule has 0 aliphatic carbocycles. The molecule has 0 aromatic heterocycles. The number of nitrogens with one attached hydrogen (secondary N) is 2. The van der Waals surface area contributed by atoms with Gasteiger partial charge < -0.3 is 43.8 Å². The number of hydrogen-bond acceptors (Lipinski definition) is 28. The van der Waals surface area contributed by atoms with Crippen LogP contribution in [0.15, 0.2) is 72.8 Å². The van der Waals surface area contributed by atoms with Gasteiger partial charge in [-0.2, -0.15) is 18.9 Å². The van der Waals surface area contributed by atoms with E-state index in [1.54, 1.807) is 70.5 Å². The molecule has 2 unspecified atom stereocenters. The first-order chi connectivity index (χ1) is 50.7. The Bertz CT molecular complexity index is 4080. The number of para-hydroxylation sites is 2. The quantitative estimate of drug-likeness (QED) is 0.0278. The number of nitro groups is 1. The van der Waals surface area contributed by atoms with Crippen LogP contribution in [-0.4, -0.2) is 196 Å². The summed E-state index contributed by atoms with van der Waals surface area (Å²) in [5.74, 6) is -12.3. The molecule has 590 valence electrons. The maximum atomic E-state index is 12.8. The summed E-state index contributed by atoms with van der Waals surface area (Å²) in [5.41, 5.74) is 2.00. The number of likely N-dealkylation sites (N-methyl/N-ethyl adjacent to an activating group) is 2. The average Bonchev–Trinajstić information content (AvgIpc) is 1.73. The van der Waals surface area contributed by atoms with Crippen LogP contribution in [0.5, 0.6) is 23.0 Å². The third-order valence-corrected chi connectivity index (χ3v) is 16.8. The minimum absolute atomic E-state index is 0. The van der Waals surface area contributed by atoms with Crippen LogP contribution in [0.2, 0.25) is 20.1 Å². The number of amides is 10. The van der Waals surface area contributed by atoms with E-state index in [9.17, 15) is 98.2 Å². The first-order valence-electron chi connectivity index (χ1n) is 30.5. The summed E-state index contributed by atoms with van der Waals surface area (Å²) in [6.07, 6.45) is 0.265. The van der Waals surface area contributed by atoms with Crippen LogP contribution in [0, 0.1) is 60.1 Å². The summed E-state index contributed by atoms with van der Waals surface area (Å²) < 4.78 is 102. The molecule has 34 nitrogen and oxygen atoms in total. The van der Waals surface area contributed by atoms with E-state index in [0.29, 0.717) is 37.5 Å². The molecule has 44 heteroatoms. The van der Waals surface area contributed by atoms with Crippen molar-refractivity contribution in [2.75, 3.05) is 77.0 Å². The maximum absolute atomic E-state index is 12.8. The molecule has 10 rings (SSSR count). The van der Waals surface area contributed by atoms with Crippen LogP contribution >= 0.6 is 46.4 Å². The molecule has 0 saturated carbocycles. The second-order valence-electron chi connectivity index (χ2n) is 21.3. The van der Waals surface area contributed by atoms with Crippen LogP contribution in [0.4, 0.5) is 23.2 Å². The Morgan fingerprint density at radius 1 is 0.514 bits per heavy atom. The van der Waals surface area contributed by atoms with Crippen LogP contribution in [0.25, 0.3) is 0 Å². The number of fused-ring (bicyclic) bond motifs is 1. The minimum atomic E-state index is -4.93. The fraction of sp³-hybridized carbons (Fsp3) is 0.354. The van der Waals surface area contributed by atoms with E-state index in [-0.39, 0.29) is 131 Å². The third kappa shape index (κ3) is 27.8. The number of nitro benzene ring substituents is 1. The molecule has 2 N–H and O–H groups in total. The summed E-state index contributed by atoms with van der Waals surface area (Å²) in [4.78, 5) is 164. The van der Waals surface area contributed by atoms with Crippen molar-refractivity contribution in [3.05, 3.63) is 154 Å². The van der Waals surface area contributed by atoms with Crippen molar-refractivity contribution in [3.63, 3.8) is 0 Å². The summed E-state index contributed by atoms with van der Waals surface area (Å²) >= 11 is 23.5. The van der Waals surface area contributed by atoms with Crippen molar-refractivity contribution in [1.82, 2.24) is 35.9 Å². The molecule has 5 aromatic rings. The third-order valence-electron chi connectivity index (χ3n) is 13.9. The number of carbonyl (C=O) groups excluding carboxylic acids is 12. The molecule has 5 heterocycles. The molecule has 0 spiro atoms. The standard InChI is InChI=1S/C9H7NO3.C8H6Cl4O.C8H6F4O.C8H10O.C7H10N2O7S.C7H10N2O4.C7H7NO3.C6H9NO3.C5H7NO3.Na/c1-13-10-8(11)6-4-2-3-5-7(6)9(10)12;2*1-3-4(9)6(11)8(13-2)7(12)5(3)10;1-7-3-5-8(9-2)6-4-7;1-8-3-6(11)16-9-5(10)2-4(7(9)12)17(13,14)15;1-8-4-7(12)13-9-5(10)2-3-6(9)11;1-11-7-5-3-2-4-6(7)8(9)10;1-4-3-5(8)7(10-2)6(4)9;1-9-6-4(7)2-3-5(6)8;/h2-5H,1H3;2*1-2H3;3-6H,1-2H3;4,8H,2-3H2,1H3,(H,13,14,15);8H,2-4H2,1H3;2-5H,1H3;4H,3H2,1-2H3;2-3H2,1H3;/q;;;;;;;;;+1/p-1. The van der Waals surface area contributed by atoms with E-state index >= 15 is 0 Å². The summed E-state index contributed by atoms with van der Waals surface area (Å²) in [5, 5.41) is 17.5. The number of imide groups is 5. The molecule has 5 aliphatic rings. The van der Waals surface area contributed by atoms with Crippen molar-refractivity contribution >= 4 is 133 Å². The molecule has 0 radical (unpaired) electrons. The van der Waals surface area contributed by atoms with Crippen molar-refractivity contribution in [1.29, 1.82) is 0 Å². The molecule has 5 aromatic carbocycles. The molecule has 2 atom stereocenters. The van der Waals surface area contributed by atoms with E-state index < -0.39 is 109 Å². The number of aryl methyl sites for hydroxylation is 1. The molecule has 5 aliphatic heterocycles. The zero-order valence-electron chi connectivity index (χ0n) is 60.5. The molecule has 109 heavy (non-hydrogen) atoms. The van der Waals surface area contributed by atoms with E-state index in [0.717, 1.165) is 35.0 Å². The largest absolute Gasteiger partial charge is 1.00 e. The maximum Gasteiger partial charge on any atom is 1.00 e. The number of hydroxylamine groups is 10. The zero-order chi connectivity index (χ0) is 82.4. The number of nitrogens with zero attached hydrogens (tertiary/aromatic N) is 6. The van der Waals surface area contributed by atoms with Gasteiger partial charge in [-0.25, -0.2) is 26.8 Å². The van der Waals surface area contributed by atoms with Crippen LogP contribution in [-0.2, 0) is 82.3 Å². The number of ether oxygens (including phenoxy) is 4. The van der Waals surface area contributed by atoms with Crippen molar-refractivity contribution in [2.45, 2.75) is 71.5 Å². The Hall–Kier alpha value is -9.07. The summed E-state index contributed by atoms with van der Waals surface area (Å²) in [6.45, 7) is 6.14. The molecule has 0 bridgehead atoms. The van der Waals surface area contributed by atoms with Gasteiger partial charge in [-0.05, 0) is 70.8 Å². The SMILES string of the molecule is CNCC(=O)ON1C(=O)CC(S(=O)(=O)[O-])C1=O.CNCC(=O)ON1C(=O)CCC1=O.CON1C(=O)CC(C)C1=O.CON1C(=O)CCC1=O.CON1C(=O)c2ccccc2C1=O.COc1c(Cl)c(Cl)c(C)c(Cl)c1Cl.COc1c(F)c(F)c(C)c(F)c1F.COc1ccc(C)cc1.COc1ccccc1[N+](=O)[O-].[Na+]. The number of carbonyl (C=O) groups is 12. The second-order valence-corrected chi connectivity index (χ2v) is 24.3. The molecule has 10 amide bonds. The van der Waals surface area contributed by atoms with Gasteiger partial charge in [0, 0.05) is 49.7 Å². The first-order valence-corrected chi connectivity index (χ1v) is 33.5. The zero-order valence-corrected chi connectivity index (χ0v) is 66.3. The number of halogens is 8. The van der Waals surface area contributed by atoms with E-state index in [1.165, 1.54) is 54.2 Å². The normalized spacial score (nSPS) is 15.2. The number of hydrogen-bond donors (Lipinski definition) is 2. The summed E-state index contributed by atoms with van der Waals surface area (Å²) in [7, 11) is 7.43. The van der Waals surface area contributed by atoms with Crippen molar-refractivity contribution in [3.8, 4) is 23.0 Å². The van der Waals surface area contributed by atoms with Gasteiger partial charge in [0.25, 0.3) is 59.1 Å². The average molecular weight is 1650 g/mol. The van der Waals surface area contributed by atoms with Crippen molar-refractivity contribution in [2.24, 2.45) is 5.92 Å². The topological polar surface area (TPSA) is 429 Å². The van der Waals surface area contributed by atoms with E-state index in [4.69, 9.17) is 60.6 Å². The van der Waals surface area contributed by atoms with Crippen LogP contribution in [0.1, 0.15) is 82.9 Å². The monoisotopic (exact) mass is 1650 g/mol. The Morgan fingerprint density at radius 2 is 0.917 bits per heavy atom. The molecule has 4 saturated heterocycles. The number of rotatable bonds is 15. The van der Waals surface area contributed by atoms with Crippen LogP contribution in [0.3, 0.4) is 0 Å². The fourth-order valence-corrected chi connectivity index (χ4v) is 10.2. The molecular weight excluding hydrogens is 1580 g/mol. The number of benzene rings is 5. The molecule has 4 fully saturated rings. The second kappa shape index (κ2) is 47.1. The first kappa shape index (κ1) is 97.9. The minimum Gasteiger partial charge on any atom is -0.747 e. The van der Waals surface area contributed by atoms with Gasteiger partial charge >= 0.3 is 47.2 Å². The van der Waals surface area contributed by atoms with Gasteiger partial charge in [0.05, 0.1) is 95.4 Å².